The highest BCUT2D eigenvalue weighted by molar-refractivity contribution is 6.30. The van der Waals surface area contributed by atoms with Crippen LogP contribution in [0.4, 0.5) is 11.4 Å². The quantitative estimate of drug-likeness (QED) is 0.246. The number of anilines is 1. The highest BCUT2D eigenvalue weighted by Crippen LogP contribution is 2.28. The monoisotopic (exact) mass is 422 g/mol. The highest BCUT2D eigenvalue weighted by atomic mass is 35.5. The molecular formula is C24H23ClN2O3. The SMILES string of the molecule is CC(C)c1ccc(C(CC(=O)c2ccc(Cl)cc2)Nc2cccc([N+](=O)[O-])c2)cc1. The van der Waals surface area contributed by atoms with Crippen molar-refractivity contribution in [2.45, 2.75) is 32.2 Å². The Morgan fingerprint density at radius 2 is 1.63 bits per heavy atom. The first kappa shape index (κ1) is 21.5. The van der Waals surface area contributed by atoms with Crippen LogP contribution in [0.1, 0.15) is 53.7 Å². The lowest BCUT2D eigenvalue weighted by atomic mass is 9.95. The van der Waals surface area contributed by atoms with E-state index < -0.39 is 4.92 Å². The fourth-order valence-corrected chi connectivity index (χ4v) is 3.34. The number of nitrogens with one attached hydrogen (secondary N) is 1. The van der Waals surface area contributed by atoms with Crippen molar-refractivity contribution in [3.8, 4) is 0 Å². The number of carbonyl (C=O) groups is 1. The summed E-state index contributed by atoms with van der Waals surface area (Å²) in [7, 11) is 0. The number of nitrogens with zero attached hydrogens (tertiary/aromatic N) is 1. The summed E-state index contributed by atoms with van der Waals surface area (Å²) < 4.78 is 0. The summed E-state index contributed by atoms with van der Waals surface area (Å²) in [6.45, 7) is 4.25. The number of hydrogen-bond donors (Lipinski definition) is 1. The molecule has 0 amide bonds. The smallest absolute Gasteiger partial charge is 0.271 e. The minimum Gasteiger partial charge on any atom is -0.378 e. The number of rotatable bonds is 8. The molecule has 1 atom stereocenters. The minimum absolute atomic E-state index is 0.00191. The number of halogens is 1. The van der Waals surface area contributed by atoms with Crippen LogP contribution in [0.15, 0.2) is 72.8 Å². The Hall–Kier alpha value is -3.18. The van der Waals surface area contributed by atoms with Crippen molar-refractivity contribution < 1.29 is 9.72 Å². The molecule has 0 aliphatic heterocycles. The van der Waals surface area contributed by atoms with Gasteiger partial charge in [-0.3, -0.25) is 14.9 Å². The second-order valence-corrected chi connectivity index (χ2v) is 7.90. The van der Waals surface area contributed by atoms with Crippen LogP contribution in [0, 0.1) is 10.1 Å². The Labute approximate surface area is 180 Å². The van der Waals surface area contributed by atoms with Crippen molar-refractivity contribution >= 4 is 28.8 Å². The molecule has 30 heavy (non-hydrogen) atoms. The van der Waals surface area contributed by atoms with E-state index in [0.29, 0.717) is 22.2 Å². The molecule has 0 spiro atoms. The van der Waals surface area contributed by atoms with Gasteiger partial charge in [-0.25, -0.2) is 0 Å². The number of Topliss-reactive ketones (excluding diaryl/α,β-unsaturated/α-hetero) is 1. The normalized spacial score (nSPS) is 11.9. The first-order valence-electron chi connectivity index (χ1n) is 9.73. The van der Waals surface area contributed by atoms with Crippen LogP contribution in [-0.2, 0) is 0 Å². The molecule has 0 aliphatic rings. The molecule has 3 aromatic rings. The van der Waals surface area contributed by atoms with Crippen LogP contribution in [0.5, 0.6) is 0 Å². The highest BCUT2D eigenvalue weighted by Gasteiger charge is 2.19. The van der Waals surface area contributed by atoms with Gasteiger partial charge in [0.1, 0.15) is 0 Å². The van der Waals surface area contributed by atoms with Crippen LogP contribution < -0.4 is 5.32 Å². The zero-order valence-electron chi connectivity index (χ0n) is 16.8. The van der Waals surface area contributed by atoms with E-state index in [2.05, 4.69) is 31.3 Å². The van der Waals surface area contributed by atoms with Crippen molar-refractivity contribution in [2.24, 2.45) is 0 Å². The van der Waals surface area contributed by atoms with Crippen LogP contribution in [0.2, 0.25) is 5.02 Å². The van der Waals surface area contributed by atoms with E-state index in [0.717, 1.165) is 5.56 Å². The summed E-state index contributed by atoms with van der Waals surface area (Å²) in [6, 6.07) is 20.9. The zero-order valence-corrected chi connectivity index (χ0v) is 17.6. The molecule has 1 unspecified atom stereocenters. The molecule has 154 valence electrons. The largest absolute Gasteiger partial charge is 0.378 e. The van der Waals surface area contributed by atoms with Gasteiger partial charge >= 0.3 is 0 Å². The summed E-state index contributed by atoms with van der Waals surface area (Å²) >= 11 is 5.93. The number of carbonyl (C=O) groups excluding carboxylic acids is 1. The zero-order chi connectivity index (χ0) is 21.7. The Balaban J connectivity index is 1.89. The Bertz CT molecular complexity index is 1030. The third-order valence-corrected chi connectivity index (χ3v) is 5.21. The molecule has 0 saturated heterocycles. The molecule has 0 bridgehead atoms. The van der Waals surface area contributed by atoms with Crippen LogP contribution in [0.3, 0.4) is 0 Å². The Morgan fingerprint density at radius 1 is 1.00 bits per heavy atom. The fraction of sp³-hybridized carbons (Fsp3) is 0.208. The van der Waals surface area contributed by atoms with Gasteiger partial charge in [-0.1, -0.05) is 55.8 Å². The molecule has 0 aromatic heterocycles. The van der Waals surface area contributed by atoms with Crippen LogP contribution >= 0.6 is 11.6 Å². The maximum atomic E-state index is 12.9. The molecule has 0 saturated carbocycles. The summed E-state index contributed by atoms with van der Waals surface area (Å²) in [5.74, 6) is 0.362. The summed E-state index contributed by atoms with van der Waals surface area (Å²) in [5, 5.41) is 15.0. The number of benzene rings is 3. The van der Waals surface area contributed by atoms with E-state index in [1.807, 2.05) is 12.1 Å². The number of ketones is 1. The van der Waals surface area contributed by atoms with E-state index in [1.54, 1.807) is 36.4 Å². The van der Waals surface area contributed by atoms with E-state index >= 15 is 0 Å². The fourth-order valence-electron chi connectivity index (χ4n) is 3.21. The number of nitro groups is 1. The maximum Gasteiger partial charge on any atom is 0.271 e. The second kappa shape index (κ2) is 9.55. The average molecular weight is 423 g/mol. The molecule has 0 fully saturated rings. The molecule has 0 aliphatic carbocycles. The van der Waals surface area contributed by atoms with Gasteiger partial charge in [0.25, 0.3) is 5.69 Å². The van der Waals surface area contributed by atoms with Crippen molar-refractivity contribution in [1.29, 1.82) is 0 Å². The van der Waals surface area contributed by atoms with E-state index in [-0.39, 0.29) is 23.9 Å². The van der Waals surface area contributed by atoms with Gasteiger partial charge in [-0.15, -0.1) is 0 Å². The van der Waals surface area contributed by atoms with E-state index in [9.17, 15) is 14.9 Å². The van der Waals surface area contributed by atoms with Gasteiger partial charge in [0.2, 0.25) is 0 Å². The lowest BCUT2D eigenvalue weighted by molar-refractivity contribution is -0.384. The van der Waals surface area contributed by atoms with E-state index in [4.69, 9.17) is 11.6 Å². The Morgan fingerprint density at radius 3 is 2.23 bits per heavy atom. The molecule has 1 N–H and O–H groups in total. The van der Waals surface area contributed by atoms with Crippen molar-refractivity contribution in [1.82, 2.24) is 0 Å². The summed E-state index contributed by atoms with van der Waals surface area (Å²) in [6.07, 6.45) is 0.200. The van der Waals surface area contributed by atoms with Crippen LogP contribution in [0.25, 0.3) is 0 Å². The van der Waals surface area contributed by atoms with Crippen LogP contribution in [-0.4, -0.2) is 10.7 Å². The Kier molecular flexibility index (Phi) is 6.85. The standard InChI is InChI=1S/C24H23ClN2O3/c1-16(2)17-6-8-18(9-7-17)23(15-24(28)19-10-12-20(25)13-11-19)26-21-4-3-5-22(14-21)27(29)30/h3-14,16,23,26H,15H2,1-2H3. The number of hydrogen-bond acceptors (Lipinski definition) is 4. The van der Waals surface area contributed by atoms with Crippen molar-refractivity contribution in [3.63, 3.8) is 0 Å². The predicted molar refractivity (Wildman–Crippen MR) is 120 cm³/mol. The first-order chi connectivity index (χ1) is 14.3. The molecule has 0 heterocycles. The molecule has 5 nitrogen and oxygen atoms in total. The van der Waals surface area contributed by atoms with Crippen molar-refractivity contribution in [3.05, 3.63) is 105 Å². The van der Waals surface area contributed by atoms with Gasteiger partial charge in [-0.2, -0.15) is 0 Å². The summed E-state index contributed by atoms with van der Waals surface area (Å²) in [5.41, 5.74) is 3.30. The minimum atomic E-state index is -0.434. The second-order valence-electron chi connectivity index (χ2n) is 7.46. The molecule has 0 radical (unpaired) electrons. The summed E-state index contributed by atoms with van der Waals surface area (Å²) in [4.78, 5) is 23.6. The third-order valence-electron chi connectivity index (χ3n) is 4.96. The lowest BCUT2D eigenvalue weighted by Gasteiger charge is -2.21. The first-order valence-corrected chi connectivity index (χ1v) is 10.1. The van der Waals surface area contributed by atoms with Gasteiger partial charge in [0.05, 0.1) is 11.0 Å². The maximum absolute atomic E-state index is 12.9. The molecular weight excluding hydrogens is 400 g/mol. The van der Waals surface area contributed by atoms with Gasteiger partial charge < -0.3 is 5.32 Å². The van der Waals surface area contributed by atoms with Gasteiger partial charge in [0.15, 0.2) is 5.78 Å². The third kappa shape index (κ3) is 5.45. The van der Waals surface area contributed by atoms with Gasteiger partial charge in [0, 0.05) is 34.8 Å². The van der Waals surface area contributed by atoms with E-state index in [1.165, 1.54) is 17.7 Å². The number of non-ortho nitro benzene ring substituents is 1. The number of nitro benzene ring substituents is 1. The average Bonchev–Trinajstić information content (AvgIpc) is 2.74. The molecule has 3 aromatic carbocycles. The van der Waals surface area contributed by atoms with Gasteiger partial charge in [-0.05, 0) is 47.4 Å². The predicted octanol–water partition coefficient (Wildman–Crippen LogP) is 6.80. The lowest BCUT2D eigenvalue weighted by Crippen LogP contribution is -2.16. The van der Waals surface area contributed by atoms with Crippen molar-refractivity contribution in [2.75, 3.05) is 5.32 Å². The molecule has 3 rings (SSSR count). The topological polar surface area (TPSA) is 72.2 Å². The molecule has 6 heteroatoms.